The smallest absolute Gasteiger partial charge is 0.339 e. The summed E-state index contributed by atoms with van der Waals surface area (Å²) in [7, 11) is 0. The number of phenolic OH excluding ortho intramolecular Hbond substituents is 3. The van der Waals surface area contributed by atoms with Crippen molar-refractivity contribution in [1.29, 1.82) is 0 Å². The summed E-state index contributed by atoms with van der Waals surface area (Å²) >= 11 is 0. The quantitative estimate of drug-likeness (QED) is 0.297. The van der Waals surface area contributed by atoms with Crippen LogP contribution >= 0.6 is 0 Å². The van der Waals surface area contributed by atoms with Crippen molar-refractivity contribution in [2.45, 2.75) is 6.04 Å². The van der Waals surface area contributed by atoms with E-state index in [-0.39, 0.29) is 5.56 Å². The Hall–Kier alpha value is -3.95. The lowest BCUT2D eigenvalue weighted by molar-refractivity contribution is -0.139. The molecule has 1 amide bonds. The summed E-state index contributed by atoms with van der Waals surface area (Å²) in [5.41, 5.74) is -1.50. The summed E-state index contributed by atoms with van der Waals surface area (Å²) in [5.74, 6) is -7.00. The number of carbonyl (C=O) groups is 3. The summed E-state index contributed by atoms with van der Waals surface area (Å²) in [6.07, 6.45) is 0. The number of amides is 1. The van der Waals surface area contributed by atoms with Crippen LogP contribution in [0.4, 0.5) is 0 Å². The number of hydrogen-bond donors (Lipinski definition) is 7. The Kier molecular flexibility index (Phi) is 4.87. The summed E-state index contributed by atoms with van der Waals surface area (Å²) in [6.45, 7) is 0. The summed E-state index contributed by atoms with van der Waals surface area (Å²) in [5, 5.41) is 58.4. The Bertz CT molecular complexity index is 907. The number of benzene rings is 2. The van der Waals surface area contributed by atoms with Gasteiger partial charge in [-0.3, -0.25) is 4.79 Å². The molecule has 0 fully saturated rings. The van der Waals surface area contributed by atoms with Crippen molar-refractivity contribution in [3.63, 3.8) is 0 Å². The van der Waals surface area contributed by atoms with Crippen LogP contribution in [-0.2, 0) is 4.79 Å². The van der Waals surface area contributed by atoms with E-state index < -0.39 is 58.0 Å². The highest BCUT2D eigenvalue weighted by Gasteiger charge is 2.27. The number of rotatable bonds is 5. The molecule has 0 saturated carbocycles. The van der Waals surface area contributed by atoms with Crippen molar-refractivity contribution in [3.8, 4) is 23.0 Å². The second-order valence-electron chi connectivity index (χ2n) is 5.19. The number of aliphatic carboxylic acids is 1. The van der Waals surface area contributed by atoms with Crippen LogP contribution in [0.3, 0.4) is 0 Å². The molecule has 136 valence electrons. The van der Waals surface area contributed by atoms with E-state index in [1.165, 1.54) is 0 Å². The van der Waals surface area contributed by atoms with Gasteiger partial charge in [0.15, 0.2) is 17.5 Å². The van der Waals surface area contributed by atoms with Gasteiger partial charge in [0.1, 0.15) is 17.1 Å². The van der Waals surface area contributed by atoms with Crippen molar-refractivity contribution >= 4 is 17.8 Å². The zero-order chi connectivity index (χ0) is 19.6. The lowest BCUT2D eigenvalue weighted by Gasteiger charge is -2.16. The fourth-order valence-corrected chi connectivity index (χ4v) is 2.17. The molecule has 0 radical (unpaired) electrons. The van der Waals surface area contributed by atoms with Gasteiger partial charge in [0, 0.05) is 0 Å². The van der Waals surface area contributed by atoms with Crippen molar-refractivity contribution < 1.29 is 45.0 Å². The first kappa shape index (κ1) is 18.4. The van der Waals surface area contributed by atoms with Gasteiger partial charge >= 0.3 is 11.9 Å². The lowest BCUT2D eigenvalue weighted by Crippen LogP contribution is -2.33. The van der Waals surface area contributed by atoms with E-state index in [1.54, 1.807) is 0 Å². The first-order valence-corrected chi connectivity index (χ1v) is 6.96. The summed E-state index contributed by atoms with van der Waals surface area (Å²) in [4.78, 5) is 34.7. The number of aromatic carboxylic acids is 1. The van der Waals surface area contributed by atoms with Crippen LogP contribution in [0.5, 0.6) is 23.0 Å². The number of nitrogens with one attached hydrogen (secondary N) is 1. The molecule has 0 heterocycles. The topological polar surface area (TPSA) is 185 Å². The van der Waals surface area contributed by atoms with E-state index in [0.29, 0.717) is 0 Å². The minimum Gasteiger partial charge on any atom is -0.508 e. The predicted molar refractivity (Wildman–Crippen MR) is 84.3 cm³/mol. The van der Waals surface area contributed by atoms with Gasteiger partial charge in [-0.15, -0.1) is 0 Å². The zero-order valence-electron chi connectivity index (χ0n) is 12.9. The molecule has 0 saturated heterocycles. The maximum atomic E-state index is 12.3. The number of carbonyl (C=O) groups excluding carboxylic acids is 1. The monoisotopic (exact) mass is 363 g/mol. The first-order chi connectivity index (χ1) is 12.1. The number of carboxylic acids is 2. The molecule has 2 aromatic carbocycles. The van der Waals surface area contributed by atoms with E-state index in [4.69, 9.17) is 5.11 Å². The van der Waals surface area contributed by atoms with Crippen molar-refractivity contribution in [2.75, 3.05) is 0 Å². The van der Waals surface area contributed by atoms with Crippen LogP contribution in [0, 0.1) is 0 Å². The molecule has 0 aliphatic carbocycles. The van der Waals surface area contributed by atoms with Crippen LogP contribution in [-0.4, -0.2) is 48.5 Å². The lowest BCUT2D eigenvalue weighted by atomic mass is 10.0. The van der Waals surface area contributed by atoms with Gasteiger partial charge in [-0.2, -0.15) is 0 Å². The normalized spacial score (nSPS) is 11.5. The van der Waals surface area contributed by atoms with Crippen LogP contribution < -0.4 is 5.32 Å². The van der Waals surface area contributed by atoms with Gasteiger partial charge < -0.3 is 36.0 Å². The van der Waals surface area contributed by atoms with Gasteiger partial charge in [0.25, 0.3) is 5.91 Å². The Balaban J connectivity index is 2.41. The highest BCUT2D eigenvalue weighted by molar-refractivity contribution is 6.03. The Morgan fingerprint density at radius 1 is 0.846 bits per heavy atom. The highest BCUT2D eigenvalue weighted by Crippen LogP contribution is 2.30. The van der Waals surface area contributed by atoms with Crippen LogP contribution in [0.15, 0.2) is 30.3 Å². The molecule has 0 aromatic heterocycles. The molecule has 1 unspecified atom stereocenters. The van der Waals surface area contributed by atoms with Crippen molar-refractivity contribution in [2.24, 2.45) is 0 Å². The largest absolute Gasteiger partial charge is 0.508 e. The number of aromatic hydroxyl groups is 4. The second kappa shape index (κ2) is 6.89. The maximum Gasteiger partial charge on any atom is 0.339 e. The van der Waals surface area contributed by atoms with E-state index >= 15 is 0 Å². The van der Waals surface area contributed by atoms with Gasteiger partial charge in [-0.05, 0) is 29.8 Å². The summed E-state index contributed by atoms with van der Waals surface area (Å²) < 4.78 is 0. The molecule has 0 bridgehead atoms. The third-order valence-electron chi connectivity index (χ3n) is 3.42. The van der Waals surface area contributed by atoms with E-state index in [2.05, 4.69) is 0 Å². The molecule has 26 heavy (non-hydrogen) atoms. The van der Waals surface area contributed by atoms with Crippen molar-refractivity contribution in [1.82, 2.24) is 5.32 Å². The van der Waals surface area contributed by atoms with Gasteiger partial charge in [-0.1, -0.05) is 6.07 Å². The summed E-state index contributed by atoms with van der Waals surface area (Å²) in [6, 6.07) is 2.87. The molecule has 0 aliphatic heterocycles. The Morgan fingerprint density at radius 3 is 2.00 bits per heavy atom. The Labute approximate surface area is 145 Å². The number of carboxylic acid groups (broad SMARTS) is 2. The fourth-order valence-electron chi connectivity index (χ4n) is 2.17. The molecule has 0 aliphatic rings. The standard InChI is InChI=1S/C16H13NO9/c18-7-4-8(13(21)9(5-7)15(23)24)14(22)17-12(16(25)26)6-1-2-10(19)11(20)3-6/h1-5,12,18-21H,(H,17,22)(H,23,24)(H,25,26). The SMILES string of the molecule is O=C(O)c1cc(O)cc(C(=O)NC(C(=O)O)c2ccc(O)c(O)c2)c1O. The molecule has 1 atom stereocenters. The molecule has 10 nitrogen and oxygen atoms in total. The molecular formula is C16H13NO9. The second-order valence-corrected chi connectivity index (χ2v) is 5.19. The average Bonchev–Trinajstić information content (AvgIpc) is 2.56. The molecule has 10 heteroatoms. The molecule has 2 aromatic rings. The van der Waals surface area contributed by atoms with Gasteiger partial charge in [-0.25, -0.2) is 9.59 Å². The molecule has 7 N–H and O–H groups in total. The van der Waals surface area contributed by atoms with Gasteiger partial charge in [0.2, 0.25) is 0 Å². The zero-order valence-corrected chi connectivity index (χ0v) is 12.9. The van der Waals surface area contributed by atoms with Crippen LogP contribution in [0.1, 0.15) is 32.3 Å². The van der Waals surface area contributed by atoms with Crippen molar-refractivity contribution in [3.05, 3.63) is 47.0 Å². The highest BCUT2D eigenvalue weighted by atomic mass is 16.4. The fraction of sp³-hybridized carbons (Fsp3) is 0.0625. The predicted octanol–water partition coefficient (Wildman–Crippen LogP) is 0.763. The minimum atomic E-state index is -1.69. The third-order valence-corrected chi connectivity index (χ3v) is 3.42. The molecular weight excluding hydrogens is 350 g/mol. The molecule has 0 spiro atoms. The van der Waals surface area contributed by atoms with E-state index in [0.717, 1.165) is 30.3 Å². The molecule has 2 rings (SSSR count). The van der Waals surface area contributed by atoms with Crippen LogP contribution in [0.2, 0.25) is 0 Å². The van der Waals surface area contributed by atoms with E-state index in [1.807, 2.05) is 5.32 Å². The third kappa shape index (κ3) is 3.59. The maximum absolute atomic E-state index is 12.3. The Morgan fingerprint density at radius 2 is 1.46 bits per heavy atom. The average molecular weight is 363 g/mol. The van der Waals surface area contributed by atoms with E-state index in [9.17, 15) is 39.9 Å². The van der Waals surface area contributed by atoms with Crippen LogP contribution in [0.25, 0.3) is 0 Å². The number of hydrogen-bond acceptors (Lipinski definition) is 7. The first-order valence-electron chi connectivity index (χ1n) is 6.96. The van der Waals surface area contributed by atoms with Gasteiger partial charge in [0.05, 0.1) is 5.56 Å². The number of phenols is 4. The minimum absolute atomic E-state index is 0.0979.